The highest BCUT2D eigenvalue weighted by Gasteiger charge is 2.26. The van der Waals surface area contributed by atoms with Gasteiger partial charge in [-0.15, -0.1) is 0 Å². The monoisotopic (exact) mass is 547 g/mol. The first kappa shape index (κ1) is 26.0. The third-order valence-corrected chi connectivity index (χ3v) is 7.98. The zero-order valence-corrected chi connectivity index (χ0v) is 21.8. The second kappa shape index (κ2) is 12.2. The third kappa shape index (κ3) is 6.78. The standard InChI is InChI=1S/C28H35BrFNO4/c1-19(25-15-24(11-12-26(25)32)35-23-5-3-2-4-6-23)27(29)28(33)21-7-9-22(10-8-21)34-14-13-31-17-20(16-30)18-31/h7-12,15,20,23,28,32-33H,2-6,13-14,16-18H2,1H3/b27-19+. The minimum Gasteiger partial charge on any atom is -0.507 e. The van der Waals surface area contributed by atoms with E-state index in [0.717, 1.165) is 49.5 Å². The van der Waals surface area contributed by atoms with E-state index in [-0.39, 0.29) is 24.4 Å². The van der Waals surface area contributed by atoms with Gasteiger partial charge in [0, 0.05) is 35.6 Å². The number of phenolic OH excluding ortho intramolecular Hbond substituents is 1. The molecule has 4 rings (SSSR count). The van der Waals surface area contributed by atoms with Crippen LogP contribution in [-0.4, -0.2) is 54.1 Å². The first-order chi connectivity index (χ1) is 16.9. The zero-order valence-electron chi connectivity index (χ0n) is 20.3. The van der Waals surface area contributed by atoms with Crippen molar-refractivity contribution in [1.29, 1.82) is 0 Å². The van der Waals surface area contributed by atoms with Crippen molar-refractivity contribution in [3.8, 4) is 17.2 Å². The number of aliphatic hydroxyl groups is 1. The molecule has 1 heterocycles. The van der Waals surface area contributed by atoms with E-state index in [1.807, 2.05) is 37.3 Å². The summed E-state index contributed by atoms with van der Waals surface area (Å²) in [6.07, 6.45) is 5.10. The second-order valence-electron chi connectivity index (χ2n) is 9.63. The van der Waals surface area contributed by atoms with Gasteiger partial charge >= 0.3 is 0 Å². The number of halogens is 2. The maximum Gasteiger partial charge on any atom is 0.123 e. The minimum atomic E-state index is -0.884. The van der Waals surface area contributed by atoms with Crippen molar-refractivity contribution < 1.29 is 24.1 Å². The number of rotatable bonds is 10. The van der Waals surface area contributed by atoms with Crippen LogP contribution in [0.15, 0.2) is 46.9 Å². The van der Waals surface area contributed by atoms with E-state index in [4.69, 9.17) is 9.47 Å². The normalized spacial score (nSPS) is 19.1. The van der Waals surface area contributed by atoms with E-state index in [1.54, 1.807) is 12.1 Å². The molecule has 1 atom stereocenters. The van der Waals surface area contributed by atoms with Crippen LogP contribution in [0, 0.1) is 5.92 Å². The quantitative estimate of drug-likeness (QED) is 0.368. The molecular weight excluding hydrogens is 513 g/mol. The highest BCUT2D eigenvalue weighted by Crippen LogP contribution is 2.38. The van der Waals surface area contributed by atoms with Gasteiger partial charge in [-0.05, 0) is 74.1 Å². The van der Waals surface area contributed by atoms with Crippen LogP contribution in [0.4, 0.5) is 4.39 Å². The number of phenols is 1. The van der Waals surface area contributed by atoms with Crippen molar-refractivity contribution in [1.82, 2.24) is 4.90 Å². The number of nitrogens with zero attached hydrogens (tertiary/aromatic N) is 1. The Bertz CT molecular complexity index is 1000. The van der Waals surface area contributed by atoms with E-state index in [9.17, 15) is 14.6 Å². The molecule has 1 saturated carbocycles. The molecule has 0 radical (unpaired) electrons. The zero-order chi connectivity index (χ0) is 24.8. The predicted octanol–water partition coefficient (Wildman–Crippen LogP) is 6.24. The fourth-order valence-electron chi connectivity index (χ4n) is 4.74. The van der Waals surface area contributed by atoms with Gasteiger partial charge in [-0.2, -0.15) is 0 Å². The van der Waals surface area contributed by atoms with Gasteiger partial charge in [0.15, 0.2) is 0 Å². The number of aromatic hydroxyl groups is 1. The molecule has 0 aromatic heterocycles. The molecule has 35 heavy (non-hydrogen) atoms. The summed E-state index contributed by atoms with van der Waals surface area (Å²) in [6, 6.07) is 12.6. The van der Waals surface area contributed by atoms with Crippen molar-refractivity contribution in [2.45, 2.75) is 51.2 Å². The topological polar surface area (TPSA) is 62.2 Å². The lowest BCUT2D eigenvalue weighted by Gasteiger charge is -2.37. The molecule has 0 amide bonds. The molecule has 5 nitrogen and oxygen atoms in total. The number of hydrogen-bond acceptors (Lipinski definition) is 5. The van der Waals surface area contributed by atoms with Gasteiger partial charge in [0.05, 0.1) is 12.8 Å². The van der Waals surface area contributed by atoms with Gasteiger partial charge in [0.2, 0.25) is 0 Å². The SMILES string of the molecule is C/C(=C(\Br)C(O)c1ccc(OCCN2CC(CF)C2)cc1)c1cc(OC2CCCCC2)ccc1O. The number of hydrogen-bond donors (Lipinski definition) is 2. The van der Waals surface area contributed by atoms with Gasteiger partial charge in [-0.3, -0.25) is 9.29 Å². The van der Waals surface area contributed by atoms with Gasteiger partial charge in [-0.1, -0.05) is 34.5 Å². The Morgan fingerprint density at radius 3 is 2.46 bits per heavy atom. The summed E-state index contributed by atoms with van der Waals surface area (Å²) in [5.41, 5.74) is 2.09. The Labute approximate surface area is 215 Å². The van der Waals surface area contributed by atoms with Crippen molar-refractivity contribution in [3.63, 3.8) is 0 Å². The maximum absolute atomic E-state index is 12.5. The molecular formula is C28H35BrFNO4. The second-order valence-corrected chi connectivity index (χ2v) is 10.5. The van der Waals surface area contributed by atoms with E-state index in [2.05, 4.69) is 20.8 Å². The summed E-state index contributed by atoms with van der Waals surface area (Å²) < 4.78 is 25.1. The lowest BCUT2D eigenvalue weighted by molar-refractivity contribution is 0.0668. The molecule has 2 N–H and O–H groups in total. The van der Waals surface area contributed by atoms with Crippen LogP contribution in [0.2, 0.25) is 0 Å². The van der Waals surface area contributed by atoms with E-state index in [0.29, 0.717) is 22.2 Å². The number of aliphatic hydroxyl groups excluding tert-OH is 1. The number of ether oxygens (including phenoxy) is 2. The number of allylic oxidation sites excluding steroid dienone is 1. The molecule has 1 saturated heterocycles. The van der Waals surface area contributed by atoms with Crippen LogP contribution in [-0.2, 0) is 0 Å². The lowest BCUT2D eigenvalue weighted by Crippen LogP contribution is -2.49. The Kier molecular flexibility index (Phi) is 9.09. The average molecular weight is 548 g/mol. The molecule has 190 valence electrons. The molecule has 1 aliphatic carbocycles. The first-order valence-electron chi connectivity index (χ1n) is 12.5. The molecule has 2 aromatic rings. The molecule has 0 spiro atoms. The van der Waals surface area contributed by atoms with Crippen LogP contribution < -0.4 is 9.47 Å². The first-order valence-corrected chi connectivity index (χ1v) is 13.3. The molecule has 2 aromatic carbocycles. The summed E-state index contributed by atoms with van der Waals surface area (Å²) >= 11 is 3.56. The van der Waals surface area contributed by atoms with Gasteiger partial charge in [-0.25, -0.2) is 0 Å². The molecule has 2 fully saturated rings. The average Bonchev–Trinajstić information content (AvgIpc) is 2.86. The van der Waals surface area contributed by atoms with Crippen molar-refractivity contribution in [2.75, 3.05) is 32.9 Å². The summed E-state index contributed by atoms with van der Waals surface area (Å²) in [5.74, 6) is 1.79. The fourth-order valence-corrected chi connectivity index (χ4v) is 5.22. The molecule has 2 aliphatic rings. The molecule has 7 heteroatoms. The van der Waals surface area contributed by atoms with Crippen molar-refractivity contribution >= 4 is 21.5 Å². The molecule has 0 bridgehead atoms. The highest BCUT2D eigenvalue weighted by molar-refractivity contribution is 9.11. The van der Waals surface area contributed by atoms with Crippen LogP contribution in [0.5, 0.6) is 17.2 Å². The number of benzene rings is 2. The van der Waals surface area contributed by atoms with Crippen molar-refractivity contribution in [2.24, 2.45) is 5.92 Å². The van der Waals surface area contributed by atoms with Gasteiger partial charge in [0.25, 0.3) is 0 Å². The largest absolute Gasteiger partial charge is 0.507 e. The summed E-state index contributed by atoms with van der Waals surface area (Å²) in [6.45, 7) is 4.55. The Hall–Kier alpha value is -2.09. The Balaban J connectivity index is 1.37. The smallest absolute Gasteiger partial charge is 0.123 e. The minimum absolute atomic E-state index is 0.145. The summed E-state index contributed by atoms with van der Waals surface area (Å²) in [5, 5.41) is 21.5. The highest BCUT2D eigenvalue weighted by atomic mass is 79.9. The molecule has 1 unspecified atom stereocenters. The lowest BCUT2D eigenvalue weighted by atomic mass is 9.97. The van der Waals surface area contributed by atoms with Gasteiger partial charge < -0.3 is 19.7 Å². The Morgan fingerprint density at radius 1 is 1.09 bits per heavy atom. The summed E-state index contributed by atoms with van der Waals surface area (Å²) in [7, 11) is 0. The van der Waals surface area contributed by atoms with Crippen LogP contribution in [0.1, 0.15) is 56.3 Å². The Morgan fingerprint density at radius 2 is 1.77 bits per heavy atom. The fraction of sp³-hybridized carbons (Fsp3) is 0.500. The number of alkyl halides is 1. The number of likely N-dealkylation sites (tertiary alicyclic amines) is 1. The van der Waals surface area contributed by atoms with E-state index in [1.165, 1.54) is 19.3 Å². The third-order valence-electron chi connectivity index (χ3n) is 6.95. The van der Waals surface area contributed by atoms with Crippen LogP contribution in [0.25, 0.3) is 5.57 Å². The molecule has 1 aliphatic heterocycles. The van der Waals surface area contributed by atoms with Crippen LogP contribution in [0.3, 0.4) is 0 Å². The predicted molar refractivity (Wildman–Crippen MR) is 140 cm³/mol. The van der Waals surface area contributed by atoms with E-state index < -0.39 is 6.10 Å². The van der Waals surface area contributed by atoms with Gasteiger partial charge in [0.1, 0.15) is 30.0 Å². The maximum atomic E-state index is 12.5. The summed E-state index contributed by atoms with van der Waals surface area (Å²) in [4.78, 5) is 2.18. The van der Waals surface area contributed by atoms with E-state index >= 15 is 0 Å². The van der Waals surface area contributed by atoms with Crippen molar-refractivity contribution in [3.05, 3.63) is 58.1 Å². The van der Waals surface area contributed by atoms with Crippen LogP contribution >= 0.6 is 15.9 Å².